The minimum absolute atomic E-state index is 0.0102. The van der Waals surface area contributed by atoms with Gasteiger partial charge in [0, 0.05) is 10.2 Å². The SMILES string of the molecule is CC(C)c1ccc(C2=CC(c3cccc(Br)c3)n3ncnc3N2)cc1. The number of hydrogen-bond acceptors (Lipinski definition) is 3. The maximum absolute atomic E-state index is 4.39. The third-order valence-corrected chi connectivity index (χ3v) is 4.98. The molecule has 1 aromatic heterocycles. The summed E-state index contributed by atoms with van der Waals surface area (Å²) in [5, 5.41) is 7.79. The fraction of sp³-hybridized carbons (Fsp3) is 0.200. The predicted molar refractivity (Wildman–Crippen MR) is 104 cm³/mol. The Morgan fingerprint density at radius 1 is 1.12 bits per heavy atom. The van der Waals surface area contributed by atoms with Crippen molar-refractivity contribution in [3.63, 3.8) is 0 Å². The van der Waals surface area contributed by atoms with Gasteiger partial charge in [-0.25, -0.2) is 4.68 Å². The Labute approximate surface area is 155 Å². The van der Waals surface area contributed by atoms with Crippen molar-refractivity contribution in [2.75, 3.05) is 5.32 Å². The van der Waals surface area contributed by atoms with Crippen LogP contribution < -0.4 is 5.32 Å². The topological polar surface area (TPSA) is 42.7 Å². The standard InChI is InChI=1S/C20H19BrN4/c1-13(2)14-6-8-15(9-7-14)18-11-19(16-4-3-5-17(21)10-16)25-20(24-18)22-12-23-25/h3-13,19H,1-2H3,(H,22,23,24). The Kier molecular flexibility index (Phi) is 4.17. The van der Waals surface area contributed by atoms with Crippen LogP contribution in [0.2, 0.25) is 0 Å². The van der Waals surface area contributed by atoms with E-state index in [1.54, 1.807) is 6.33 Å². The summed E-state index contributed by atoms with van der Waals surface area (Å²) < 4.78 is 2.97. The fourth-order valence-corrected chi connectivity index (χ4v) is 3.49. The van der Waals surface area contributed by atoms with Gasteiger partial charge in [0.25, 0.3) is 0 Å². The van der Waals surface area contributed by atoms with Gasteiger partial charge in [0.1, 0.15) is 12.4 Å². The highest BCUT2D eigenvalue weighted by atomic mass is 79.9. The van der Waals surface area contributed by atoms with Crippen molar-refractivity contribution in [3.05, 3.63) is 82.1 Å². The molecule has 2 heterocycles. The molecule has 4 rings (SSSR count). The van der Waals surface area contributed by atoms with Crippen LogP contribution in [0.5, 0.6) is 0 Å². The molecule has 1 aliphatic rings. The molecule has 1 aliphatic heterocycles. The minimum atomic E-state index is 0.0102. The van der Waals surface area contributed by atoms with Gasteiger partial charge < -0.3 is 5.32 Å². The van der Waals surface area contributed by atoms with Crippen LogP contribution in [-0.2, 0) is 0 Å². The molecular formula is C20H19BrN4. The van der Waals surface area contributed by atoms with E-state index < -0.39 is 0 Å². The maximum atomic E-state index is 4.39. The molecule has 0 spiro atoms. The summed E-state index contributed by atoms with van der Waals surface area (Å²) >= 11 is 3.56. The highest BCUT2D eigenvalue weighted by molar-refractivity contribution is 9.10. The van der Waals surface area contributed by atoms with Gasteiger partial charge in [0.05, 0.1) is 0 Å². The van der Waals surface area contributed by atoms with Crippen LogP contribution in [-0.4, -0.2) is 14.8 Å². The predicted octanol–water partition coefficient (Wildman–Crippen LogP) is 5.22. The van der Waals surface area contributed by atoms with Gasteiger partial charge in [-0.1, -0.05) is 66.2 Å². The van der Waals surface area contributed by atoms with Gasteiger partial charge in [-0.05, 0) is 40.8 Å². The number of hydrogen-bond donors (Lipinski definition) is 1. The van der Waals surface area contributed by atoms with Crippen molar-refractivity contribution in [2.24, 2.45) is 0 Å². The first-order chi connectivity index (χ1) is 12.1. The molecular weight excluding hydrogens is 376 g/mol. The average Bonchev–Trinajstić information content (AvgIpc) is 3.09. The van der Waals surface area contributed by atoms with Crippen molar-refractivity contribution in [2.45, 2.75) is 25.8 Å². The van der Waals surface area contributed by atoms with E-state index >= 15 is 0 Å². The lowest BCUT2D eigenvalue weighted by atomic mass is 9.98. The van der Waals surface area contributed by atoms with E-state index in [1.807, 2.05) is 16.8 Å². The molecule has 1 unspecified atom stereocenters. The molecule has 0 amide bonds. The van der Waals surface area contributed by atoms with E-state index in [-0.39, 0.29) is 6.04 Å². The molecule has 2 aromatic carbocycles. The maximum Gasteiger partial charge on any atom is 0.226 e. The van der Waals surface area contributed by atoms with Gasteiger partial charge in [0.2, 0.25) is 5.95 Å². The molecule has 5 heteroatoms. The number of nitrogens with one attached hydrogen (secondary N) is 1. The lowest BCUT2D eigenvalue weighted by Crippen LogP contribution is -2.20. The zero-order valence-electron chi connectivity index (χ0n) is 14.1. The Hall–Kier alpha value is -2.40. The molecule has 0 fully saturated rings. The van der Waals surface area contributed by atoms with Crippen molar-refractivity contribution in [3.8, 4) is 0 Å². The number of benzene rings is 2. The Morgan fingerprint density at radius 3 is 2.64 bits per heavy atom. The molecule has 0 saturated carbocycles. The smallest absolute Gasteiger partial charge is 0.226 e. The van der Waals surface area contributed by atoms with E-state index in [4.69, 9.17) is 0 Å². The largest absolute Gasteiger partial charge is 0.324 e. The monoisotopic (exact) mass is 394 g/mol. The van der Waals surface area contributed by atoms with Crippen LogP contribution in [0.1, 0.15) is 42.5 Å². The Balaban J connectivity index is 1.76. The molecule has 3 aromatic rings. The van der Waals surface area contributed by atoms with E-state index in [0.29, 0.717) is 5.92 Å². The zero-order chi connectivity index (χ0) is 17.4. The molecule has 25 heavy (non-hydrogen) atoms. The van der Waals surface area contributed by atoms with Crippen molar-refractivity contribution >= 4 is 27.6 Å². The number of halogens is 1. The zero-order valence-corrected chi connectivity index (χ0v) is 15.7. The normalized spacial score (nSPS) is 16.3. The van der Waals surface area contributed by atoms with Gasteiger partial charge in [-0.3, -0.25) is 0 Å². The molecule has 1 atom stereocenters. The van der Waals surface area contributed by atoms with Gasteiger partial charge in [0.15, 0.2) is 0 Å². The van der Waals surface area contributed by atoms with E-state index in [9.17, 15) is 0 Å². The molecule has 0 radical (unpaired) electrons. The van der Waals surface area contributed by atoms with Crippen molar-refractivity contribution in [1.29, 1.82) is 0 Å². The van der Waals surface area contributed by atoms with Gasteiger partial charge in [-0.15, -0.1) is 0 Å². The number of rotatable bonds is 3. The van der Waals surface area contributed by atoms with E-state index in [0.717, 1.165) is 21.7 Å². The Morgan fingerprint density at radius 2 is 1.92 bits per heavy atom. The third-order valence-electron chi connectivity index (χ3n) is 4.49. The van der Waals surface area contributed by atoms with Crippen LogP contribution in [0.15, 0.2) is 65.4 Å². The number of allylic oxidation sites excluding steroid dienone is 1. The van der Waals surface area contributed by atoms with Gasteiger partial charge >= 0.3 is 0 Å². The first-order valence-corrected chi connectivity index (χ1v) is 9.15. The molecule has 0 aliphatic carbocycles. The van der Waals surface area contributed by atoms with Crippen LogP contribution in [0.25, 0.3) is 5.70 Å². The molecule has 0 saturated heterocycles. The summed E-state index contributed by atoms with van der Waals surface area (Å²) in [6.07, 6.45) is 3.79. The van der Waals surface area contributed by atoms with Crippen LogP contribution in [0.4, 0.5) is 5.95 Å². The summed E-state index contributed by atoms with van der Waals surface area (Å²) in [5.41, 5.74) is 4.71. The number of anilines is 1. The first-order valence-electron chi connectivity index (χ1n) is 8.36. The second kappa shape index (κ2) is 6.48. The van der Waals surface area contributed by atoms with Crippen LogP contribution >= 0.6 is 15.9 Å². The third kappa shape index (κ3) is 3.12. The first kappa shape index (κ1) is 16.1. The van der Waals surface area contributed by atoms with Gasteiger partial charge in [-0.2, -0.15) is 10.1 Å². The number of nitrogens with zero attached hydrogens (tertiary/aromatic N) is 3. The van der Waals surface area contributed by atoms with Crippen molar-refractivity contribution < 1.29 is 0 Å². The molecule has 0 bridgehead atoms. The molecule has 4 nitrogen and oxygen atoms in total. The summed E-state index contributed by atoms with van der Waals surface area (Å²) in [6, 6.07) is 17.0. The second-order valence-electron chi connectivity index (χ2n) is 6.51. The highest BCUT2D eigenvalue weighted by Crippen LogP contribution is 2.33. The number of fused-ring (bicyclic) bond motifs is 1. The lowest BCUT2D eigenvalue weighted by Gasteiger charge is -2.24. The van der Waals surface area contributed by atoms with E-state index in [1.165, 1.54) is 11.1 Å². The highest BCUT2D eigenvalue weighted by Gasteiger charge is 2.23. The molecule has 1 N–H and O–H groups in total. The lowest BCUT2D eigenvalue weighted by molar-refractivity contribution is 0.611. The Bertz CT molecular complexity index is 925. The summed E-state index contributed by atoms with van der Waals surface area (Å²) in [7, 11) is 0. The summed E-state index contributed by atoms with van der Waals surface area (Å²) in [5.74, 6) is 1.29. The second-order valence-corrected chi connectivity index (χ2v) is 7.43. The molecule has 126 valence electrons. The average molecular weight is 395 g/mol. The fourth-order valence-electron chi connectivity index (χ4n) is 3.08. The van der Waals surface area contributed by atoms with E-state index in [2.05, 4.69) is 87.7 Å². The summed E-state index contributed by atoms with van der Waals surface area (Å²) in [4.78, 5) is 4.36. The van der Waals surface area contributed by atoms with Crippen molar-refractivity contribution in [1.82, 2.24) is 14.8 Å². The van der Waals surface area contributed by atoms with Crippen LogP contribution in [0.3, 0.4) is 0 Å². The van der Waals surface area contributed by atoms with Crippen LogP contribution in [0, 0.1) is 0 Å². The summed E-state index contributed by atoms with van der Waals surface area (Å²) in [6.45, 7) is 4.41. The minimum Gasteiger partial charge on any atom is -0.324 e. The number of aromatic nitrogens is 3. The quantitative estimate of drug-likeness (QED) is 0.661.